The second kappa shape index (κ2) is 7.02. The lowest BCUT2D eigenvalue weighted by Crippen LogP contribution is -2.23. The van der Waals surface area contributed by atoms with Crippen molar-refractivity contribution < 1.29 is 0 Å². The molecule has 4 heteroatoms. The standard InChI is InChI=1S/C15H17Br2NS/c1-3-18-14(8-12-7-11(16)9-19-12)13-6-4-5-10(2)15(13)17/h4-7,9,14,18H,3,8H2,1-2H3. The predicted octanol–water partition coefficient (Wildman–Crippen LogP) is 5.47. The molecule has 0 amide bonds. The number of likely N-dealkylation sites (N-methyl/N-ethyl adjacent to an activating group) is 1. The van der Waals surface area contributed by atoms with Crippen molar-refractivity contribution in [1.29, 1.82) is 0 Å². The molecule has 0 aliphatic rings. The van der Waals surface area contributed by atoms with Gasteiger partial charge in [-0.2, -0.15) is 0 Å². The zero-order valence-electron chi connectivity index (χ0n) is 11.0. The number of benzene rings is 1. The molecule has 1 atom stereocenters. The molecule has 2 rings (SSSR count). The molecule has 1 N–H and O–H groups in total. The fourth-order valence-corrected chi connectivity index (χ4v) is 4.18. The minimum Gasteiger partial charge on any atom is -0.310 e. The minimum atomic E-state index is 0.352. The lowest BCUT2D eigenvalue weighted by molar-refractivity contribution is 0.551. The molecule has 0 radical (unpaired) electrons. The van der Waals surface area contributed by atoms with Crippen molar-refractivity contribution in [2.45, 2.75) is 26.3 Å². The molecular formula is C15H17Br2NS. The summed E-state index contributed by atoms with van der Waals surface area (Å²) < 4.78 is 2.39. The first-order chi connectivity index (χ1) is 9.11. The zero-order valence-corrected chi connectivity index (χ0v) is 15.0. The first kappa shape index (κ1) is 15.2. The maximum Gasteiger partial charge on any atom is 0.0380 e. The van der Waals surface area contributed by atoms with Gasteiger partial charge < -0.3 is 5.32 Å². The maximum absolute atomic E-state index is 3.72. The van der Waals surface area contributed by atoms with Crippen LogP contribution in [0.5, 0.6) is 0 Å². The molecule has 2 aromatic rings. The largest absolute Gasteiger partial charge is 0.310 e. The Morgan fingerprint density at radius 2 is 2.11 bits per heavy atom. The van der Waals surface area contributed by atoms with Crippen molar-refractivity contribution in [3.8, 4) is 0 Å². The smallest absolute Gasteiger partial charge is 0.0380 e. The second-order valence-electron chi connectivity index (χ2n) is 4.52. The summed E-state index contributed by atoms with van der Waals surface area (Å²) in [5, 5.41) is 5.73. The van der Waals surface area contributed by atoms with Crippen LogP contribution in [0.1, 0.15) is 29.0 Å². The molecule has 0 bridgehead atoms. The Labute approximate surface area is 135 Å². The number of thiophene rings is 1. The molecule has 102 valence electrons. The minimum absolute atomic E-state index is 0.352. The molecule has 1 aromatic heterocycles. The molecular weight excluding hydrogens is 386 g/mol. The monoisotopic (exact) mass is 401 g/mol. The molecule has 0 saturated heterocycles. The third kappa shape index (κ3) is 3.91. The number of hydrogen-bond donors (Lipinski definition) is 1. The fraction of sp³-hybridized carbons (Fsp3) is 0.333. The first-order valence-electron chi connectivity index (χ1n) is 6.33. The van der Waals surface area contributed by atoms with Crippen molar-refractivity contribution in [3.05, 3.63) is 54.6 Å². The highest BCUT2D eigenvalue weighted by Gasteiger charge is 2.16. The molecule has 1 heterocycles. The Balaban J connectivity index is 2.26. The van der Waals surface area contributed by atoms with Crippen LogP contribution in [0.25, 0.3) is 0 Å². The quantitative estimate of drug-likeness (QED) is 0.698. The van der Waals surface area contributed by atoms with Gasteiger partial charge in [0.05, 0.1) is 0 Å². The summed E-state index contributed by atoms with van der Waals surface area (Å²) >= 11 is 9.05. The number of nitrogens with one attached hydrogen (secondary N) is 1. The number of hydrogen-bond acceptors (Lipinski definition) is 2. The van der Waals surface area contributed by atoms with Crippen LogP contribution in [0.3, 0.4) is 0 Å². The predicted molar refractivity (Wildman–Crippen MR) is 91.0 cm³/mol. The van der Waals surface area contributed by atoms with E-state index in [1.165, 1.54) is 24.9 Å². The Morgan fingerprint density at radius 3 is 2.74 bits per heavy atom. The van der Waals surface area contributed by atoms with Crippen molar-refractivity contribution in [3.63, 3.8) is 0 Å². The van der Waals surface area contributed by atoms with Gasteiger partial charge >= 0.3 is 0 Å². The Hall–Kier alpha value is -0.160. The molecule has 1 unspecified atom stereocenters. The average Bonchev–Trinajstić information content (AvgIpc) is 2.78. The molecule has 19 heavy (non-hydrogen) atoms. The molecule has 1 aromatic carbocycles. The van der Waals surface area contributed by atoms with E-state index in [0.29, 0.717) is 6.04 Å². The SMILES string of the molecule is CCNC(Cc1cc(Br)cs1)c1cccc(C)c1Br. The van der Waals surface area contributed by atoms with Crippen molar-refractivity contribution in [2.75, 3.05) is 6.54 Å². The first-order valence-corrected chi connectivity index (χ1v) is 8.79. The Kier molecular flexibility index (Phi) is 5.63. The van der Waals surface area contributed by atoms with Gasteiger partial charge in [0.2, 0.25) is 0 Å². The fourth-order valence-electron chi connectivity index (χ4n) is 2.14. The van der Waals surface area contributed by atoms with E-state index < -0.39 is 0 Å². The lowest BCUT2D eigenvalue weighted by Gasteiger charge is -2.20. The van der Waals surface area contributed by atoms with E-state index in [1.807, 2.05) is 0 Å². The molecule has 1 nitrogen and oxygen atoms in total. The highest BCUT2D eigenvalue weighted by atomic mass is 79.9. The van der Waals surface area contributed by atoms with Crippen LogP contribution in [-0.4, -0.2) is 6.54 Å². The molecule has 0 spiro atoms. The molecule has 0 aliphatic heterocycles. The van der Waals surface area contributed by atoms with Gasteiger partial charge in [-0.1, -0.05) is 41.1 Å². The number of halogens is 2. The van der Waals surface area contributed by atoms with Crippen molar-refractivity contribution in [1.82, 2.24) is 5.32 Å². The van der Waals surface area contributed by atoms with Gasteiger partial charge in [-0.25, -0.2) is 0 Å². The van der Waals surface area contributed by atoms with Gasteiger partial charge in [0, 0.05) is 31.7 Å². The van der Waals surface area contributed by atoms with Crippen LogP contribution in [0, 0.1) is 6.92 Å². The Morgan fingerprint density at radius 1 is 1.32 bits per heavy atom. The maximum atomic E-state index is 3.72. The van der Waals surface area contributed by atoms with E-state index in [0.717, 1.165) is 13.0 Å². The third-order valence-electron chi connectivity index (χ3n) is 3.07. The van der Waals surface area contributed by atoms with E-state index >= 15 is 0 Å². The van der Waals surface area contributed by atoms with Gasteiger partial charge in [0.15, 0.2) is 0 Å². The normalized spacial score (nSPS) is 12.6. The van der Waals surface area contributed by atoms with E-state index in [-0.39, 0.29) is 0 Å². The summed E-state index contributed by atoms with van der Waals surface area (Å²) in [4.78, 5) is 1.39. The summed E-state index contributed by atoms with van der Waals surface area (Å²) in [6, 6.07) is 9.03. The van der Waals surface area contributed by atoms with Gasteiger partial charge in [0.25, 0.3) is 0 Å². The van der Waals surface area contributed by atoms with E-state index in [1.54, 1.807) is 11.3 Å². The van der Waals surface area contributed by atoms with Crippen LogP contribution in [0.4, 0.5) is 0 Å². The summed E-state index contributed by atoms with van der Waals surface area (Å²) in [6.07, 6.45) is 1.02. The highest BCUT2D eigenvalue weighted by Crippen LogP contribution is 2.31. The molecule has 0 saturated carbocycles. The van der Waals surface area contributed by atoms with E-state index in [9.17, 15) is 0 Å². The van der Waals surface area contributed by atoms with Crippen LogP contribution < -0.4 is 5.32 Å². The van der Waals surface area contributed by atoms with Crippen molar-refractivity contribution in [2.24, 2.45) is 0 Å². The number of aryl methyl sites for hydroxylation is 1. The highest BCUT2D eigenvalue weighted by molar-refractivity contribution is 9.10. The van der Waals surface area contributed by atoms with Crippen LogP contribution in [0.15, 0.2) is 38.6 Å². The van der Waals surface area contributed by atoms with Crippen LogP contribution in [-0.2, 0) is 6.42 Å². The van der Waals surface area contributed by atoms with Gasteiger partial charge in [-0.05, 0) is 46.6 Å². The lowest BCUT2D eigenvalue weighted by atomic mass is 10.0. The molecule has 0 aliphatic carbocycles. The zero-order chi connectivity index (χ0) is 13.8. The van der Waals surface area contributed by atoms with Gasteiger partial charge in [-0.3, -0.25) is 0 Å². The van der Waals surface area contributed by atoms with E-state index in [2.05, 4.69) is 80.7 Å². The summed E-state index contributed by atoms with van der Waals surface area (Å²) in [5.41, 5.74) is 2.62. The summed E-state index contributed by atoms with van der Waals surface area (Å²) in [5.74, 6) is 0. The second-order valence-corrected chi connectivity index (χ2v) is 7.23. The average molecular weight is 403 g/mol. The third-order valence-corrected chi connectivity index (χ3v) is 5.88. The van der Waals surface area contributed by atoms with Crippen LogP contribution in [0.2, 0.25) is 0 Å². The van der Waals surface area contributed by atoms with Crippen LogP contribution >= 0.6 is 43.2 Å². The van der Waals surface area contributed by atoms with Crippen molar-refractivity contribution >= 4 is 43.2 Å². The topological polar surface area (TPSA) is 12.0 Å². The molecule has 0 fully saturated rings. The van der Waals surface area contributed by atoms with Gasteiger partial charge in [-0.15, -0.1) is 11.3 Å². The number of rotatable bonds is 5. The summed E-state index contributed by atoms with van der Waals surface area (Å²) in [7, 11) is 0. The summed E-state index contributed by atoms with van der Waals surface area (Å²) in [6.45, 7) is 5.26. The van der Waals surface area contributed by atoms with Gasteiger partial charge in [0.1, 0.15) is 0 Å². The van der Waals surface area contributed by atoms with E-state index in [4.69, 9.17) is 0 Å². The Bertz CT molecular complexity index is 551.